The Morgan fingerprint density at radius 3 is 2.79 bits per heavy atom. The van der Waals surface area contributed by atoms with Crippen LogP contribution in [-0.4, -0.2) is 30.4 Å². The van der Waals surface area contributed by atoms with Crippen LogP contribution < -0.4 is 14.9 Å². The highest BCUT2D eigenvalue weighted by molar-refractivity contribution is 6.30. The van der Waals surface area contributed by atoms with Crippen LogP contribution in [0.1, 0.15) is 12.5 Å². The molecule has 2 aromatic rings. The molecule has 2 N–H and O–H groups in total. The lowest BCUT2D eigenvalue weighted by Gasteiger charge is -2.13. The number of halogens is 1. The summed E-state index contributed by atoms with van der Waals surface area (Å²) in [6.45, 7) is 1.59. The van der Waals surface area contributed by atoms with Crippen LogP contribution in [0.3, 0.4) is 0 Å². The highest BCUT2D eigenvalue weighted by atomic mass is 35.5. The number of methoxy groups -OCH3 is 1. The minimum Gasteiger partial charge on any atom is -0.507 e. The SMILES string of the molecule is COc1ccc(O)c(/C=N\NC(=O)[C@@H](C)Oc2cccc(Cl)c2)c1. The maximum Gasteiger partial charge on any atom is 0.280 e. The van der Waals surface area contributed by atoms with E-state index in [0.29, 0.717) is 22.1 Å². The number of carbonyl (C=O) groups is 1. The third kappa shape index (κ3) is 4.89. The van der Waals surface area contributed by atoms with Crippen molar-refractivity contribution in [1.29, 1.82) is 0 Å². The molecule has 0 radical (unpaired) electrons. The Bertz CT molecular complexity index is 749. The third-order valence-corrected chi connectivity index (χ3v) is 3.33. The van der Waals surface area contributed by atoms with E-state index in [2.05, 4.69) is 10.5 Å². The third-order valence-electron chi connectivity index (χ3n) is 3.09. The Morgan fingerprint density at radius 2 is 2.08 bits per heavy atom. The van der Waals surface area contributed by atoms with Gasteiger partial charge in [-0.1, -0.05) is 17.7 Å². The number of phenols is 1. The zero-order valence-corrected chi connectivity index (χ0v) is 13.9. The van der Waals surface area contributed by atoms with Crippen molar-refractivity contribution in [2.75, 3.05) is 7.11 Å². The van der Waals surface area contributed by atoms with Crippen molar-refractivity contribution >= 4 is 23.7 Å². The highest BCUT2D eigenvalue weighted by Gasteiger charge is 2.14. The summed E-state index contributed by atoms with van der Waals surface area (Å²) in [6, 6.07) is 11.4. The Morgan fingerprint density at radius 1 is 1.29 bits per heavy atom. The molecule has 0 saturated heterocycles. The van der Waals surface area contributed by atoms with Gasteiger partial charge in [-0.05, 0) is 43.3 Å². The lowest BCUT2D eigenvalue weighted by Crippen LogP contribution is -2.33. The lowest BCUT2D eigenvalue weighted by atomic mass is 10.2. The van der Waals surface area contributed by atoms with Crippen molar-refractivity contribution in [3.05, 3.63) is 53.1 Å². The van der Waals surface area contributed by atoms with Gasteiger partial charge in [-0.2, -0.15) is 5.10 Å². The molecule has 2 aromatic carbocycles. The summed E-state index contributed by atoms with van der Waals surface area (Å²) < 4.78 is 10.5. The number of amides is 1. The maximum absolute atomic E-state index is 12.0. The van der Waals surface area contributed by atoms with E-state index in [0.717, 1.165) is 0 Å². The first-order valence-electron chi connectivity index (χ1n) is 7.11. The molecule has 1 atom stereocenters. The fourth-order valence-electron chi connectivity index (χ4n) is 1.82. The van der Waals surface area contributed by atoms with E-state index in [-0.39, 0.29) is 5.75 Å². The molecule has 2 rings (SSSR count). The number of hydrazone groups is 1. The first-order valence-corrected chi connectivity index (χ1v) is 7.49. The van der Waals surface area contributed by atoms with Gasteiger partial charge in [0.15, 0.2) is 6.10 Å². The molecule has 0 unspecified atom stereocenters. The number of carbonyl (C=O) groups excluding carboxylic acids is 1. The van der Waals surface area contributed by atoms with Crippen LogP contribution in [0.4, 0.5) is 0 Å². The Kier molecular flexibility index (Phi) is 6.03. The number of aromatic hydroxyl groups is 1. The van der Waals surface area contributed by atoms with Crippen LogP contribution in [-0.2, 0) is 4.79 Å². The van der Waals surface area contributed by atoms with E-state index in [1.807, 2.05) is 0 Å². The molecule has 1 amide bonds. The average molecular weight is 349 g/mol. The molecular weight excluding hydrogens is 332 g/mol. The van der Waals surface area contributed by atoms with Gasteiger partial charge in [0.25, 0.3) is 5.91 Å². The summed E-state index contributed by atoms with van der Waals surface area (Å²) in [6.07, 6.45) is 0.557. The topological polar surface area (TPSA) is 80.2 Å². The van der Waals surface area contributed by atoms with Crippen LogP contribution in [0.2, 0.25) is 5.02 Å². The molecule has 0 aliphatic heterocycles. The number of nitrogens with zero attached hydrogens (tertiary/aromatic N) is 1. The van der Waals surface area contributed by atoms with Crippen molar-refractivity contribution in [2.24, 2.45) is 5.10 Å². The van der Waals surface area contributed by atoms with Crippen molar-refractivity contribution in [3.63, 3.8) is 0 Å². The van der Waals surface area contributed by atoms with E-state index in [1.54, 1.807) is 43.3 Å². The summed E-state index contributed by atoms with van der Waals surface area (Å²) >= 11 is 5.86. The largest absolute Gasteiger partial charge is 0.507 e. The highest BCUT2D eigenvalue weighted by Crippen LogP contribution is 2.21. The van der Waals surface area contributed by atoms with Crippen LogP contribution in [0.15, 0.2) is 47.6 Å². The van der Waals surface area contributed by atoms with Crippen molar-refractivity contribution < 1.29 is 19.4 Å². The number of benzene rings is 2. The standard InChI is InChI=1S/C17H17ClN2O4/c1-11(24-15-5-3-4-13(18)9-15)17(22)20-19-10-12-8-14(23-2)6-7-16(12)21/h3-11,21H,1-2H3,(H,20,22)/b19-10-/t11-/m1/s1. The molecule has 0 bridgehead atoms. The second-order valence-electron chi connectivity index (χ2n) is 4.88. The molecule has 0 fully saturated rings. The van der Waals surface area contributed by atoms with Crippen LogP contribution in [0.25, 0.3) is 0 Å². The number of phenolic OH excluding ortho intramolecular Hbond substituents is 1. The number of nitrogens with one attached hydrogen (secondary N) is 1. The van der Waals surface area contributed by atoms with Crippen LogP contribution >= 0.6 is 11.6 Å². The van der Waals surface area contributed by atoms with E-state index in [4.69, 9.17) is 21.1 Å². The Labute approximate surface area is 144 Å². The number of hydrogen-bond donors (Lipinski definition) is 2. The second kappa shape index (κ2) is 8.21. The van der Waals surface area contributed by atoms with Crippen molar-refractivity contribution in [3.8, 4) is 17.2 Å². The molecule has 0 aromatic heterocycles. The van der Waals surface area contributed by atoms with Crippen LogP contribution in [0, 0.1) is 0 Å². The molecule has 126 valence electrons. The number of ether oxygens (including phenoxy) is 2. The van der Waals surface area contributed by atoms with Gasteiger partial charge in [0.2, 0.25) is 0 Å². The van der Waals surface area contributed by atoms with E-state index in [9.17, 15) is 9.90 Å². The summed E-state index contributed by atoms with van der Waals surface area (Å²) in [5, 5.41) is 14.1. The first-order chi connectivity index (χ1) is 11.5. The molecule has 0 aliphatic carbocycles. The van der Waals surface area contributed by atoms with Gasteiger partial charge >= 0.3 is 0 Å². The summed E-state index contributed by atoms with van der Waals surface area (Å²) in [5.74, 6) is 0.642. The van der Waals surface area contributed by atoms with Gasteiger partial charge in [-0.15, -0.1) is 0 Å². The van der Waals surface area contributed by atoms with Gasteiger partial charge in [0.05, 0.1) is 13.3 Å². The maximum atomic E-state index is 12.0. The Hall–Kier alpha value is -2.73. The van der Waals surface area contributed by atoms with E-state index < -0.39 is 12.0 Å². The molecule has 0 heterocycles. The summed E-state index contributed by atoms with van der Waals surface area (Å²) in [7, 11) is 1.52. The first kappa shape index (κ1) is 17.6. The lowest BCUT2D eigenvalue weighted by molar-refractivity contribution is -0.127. The van der Waals surface area contributed by atoms with Gasteiger partial charge in [-0.25, -0.2) is 5.43 Å². The normalized spacial score (nSPS) is 12.0. The molecule has 24 heavy (non-hydrogen) atoms. The molecule has 0 spiro atoms. The fraction of sp³-hybridized carbons (Fsp3) is 0.176. The smallest absolute Gasteiger partial charge is 0.280 e. The quantitative estimate of drug-likeness (QED) is 0.621. The number of rotatable bonds is 6. The van der Waals surface area contributed by atoms with Gasteiger partial charge in [-0.3, -0.25) is 4.79 Å². The second-order valence-corrected chi connectivity index (χ2v) is 5.31. The molecule has 0 aliphatic rings. The van der Waals surface area contributed by atoms with E-state index >= 15 is 0 Å². The fourth-order valence-corrected chi connectivity index (χ4v) is 2.00. The molecular formula is C17H17ClN2O4. The van der Waals surface area contributed by atoms with Crippen molar-refractivity contribution in [1.82, 2.24) is 5.43 Å². The molecule has 7 heteroatoms. The summed E-state index contributed by atoms with van der Waals surface area (Å²) in [4.78, 5) is 12.0. The molecule has 0 saturated carbocycles. The van der Waals surface area contributed by atoms with E-state index in [1.165, 1.54) is 19.4 Å². The Balaban J connectivity index is 1.94. The zero-order chi connectivity index (χ0) is 17.5. The predicted octanol–water partition coefficient (Wildman–Crippen LogP) is 2.97. The van der Waals surface area contributed by atoms with Crippen molar-refractivity contribution in [2.45, 2.75) is 13.0 Å². The summed E-state index contributed by atoms with van der Waals surface area (Å²) in [5.41, 5.74) is 2.77. The monoisotopic (exact) mass is 348 g/mol. The van der Waals surface area contributed by atoms with Gasteiger partial charge in [0.1, 0.15) is 17.2 Å². The zero-order valence-electron chi connectivity index (χ0n) is 13.2. The minimum atomic E-state index is -0.764. The van der Waals surface area contributed by atoms with Gasteiger partial charge in [0, 0.05) is 10.6 Å². The van der Waals surface area contributed by atoms with Crippen LogP contribution in [0.5, 0.6) is 17.2 Å². The number of hydrogen-bond acceptors (Lipinski definition) is 5. The minimum absolute atomic E-state index is 0.0250. The predicted molar refractivity (Wildman–Crippen MR) is 91.9 cm³/mol. The average Bonchev–Trinajstić information content (AvgIpc) is 2.56. The van der Waals surface area contributed by atoms with Gasteiger partial charge < -0.3 is 14.6 Å². The molecule has 6 nitrogen and oxygen atoms in total.